The van der Waals surface area contributed by atoms with E-state index in [0.29, 0.717) is 36.9 Å². The molecule has 6 heteroatoms. The summed E-state index contributed by atoms with van der Waals surface area (Å²) in [5.41, 5.74) is 3.05. The van der Waals surface area contributed by atoms with Crippen molar-refractivity contribution in [3.8, 4) is 0 Å². The third kappa shape index (κ3) is 5.61. The van der Waals surface area contributed by atoms with Gasteiger partial charge in [-0.1, -0.05) is 43.3 Å². The van der Waals surface area contributed by atoms with Crippen LogP contribution in [0.3, 0.4) is 0 Å². The second-order valence-electron chi connectivity index (χ2n) is 10.00. The summed E-state index contributed by atoms with van der Waals surface area (Å²) in [6.07, 6.45) is 7.60. The van der Waals surface area contributed by atoms with Crippen molar-refractivity contribution in [2.45, 2.75) is 70.8 Å². The molecule has 1 aromatic carbocycles. The number of thiophene rings is 1. The van der Waals surface area contributed by atoms with E-state index in [0.717, 1.165) is 37.0 Å². The molecule has 0 aliphatic heterocycles. The Morgan fingerprint density at radius 2 is 1.94 bits per heavy atom. The summed E-state index contributed by atoms with van der Waals surface area (Å²) < 4.78 is 0. The number of aliphatic hydroxyl groups is 1. The first-order valence-corrected chi connectivity index (χ1v) is 13.3. The van der Waals surface area contributed by atoms with Gasteiger partial charge in [0.15, 0.2) is 0 Å². The van der Waals surface area contributed by atoms with Crippen molar-refractivity contribution in [2.24, 2.45) is 11.8 Å². The van der Waals surface area contributed by atoms with Crippen LogP contribution in [-0.4, -0.2) is 34.7 Å². The number of carboxylic acid groups (broad SMARTS) is 1. The van der Waals surface area contributed by atoms with Crippen molar-refractivity contribution in [1.29, 1.82) is 0 Å². The van der Waals surface area contributed by atoms with Crippen LogP contribution in [0.25, 0.3) is 5.57 Å². The van der Waals surface area contributed by atoms with E-state index in [1.165, 1.54) is 22.5 Å². The monoisotopic (exact) mass is 481 g/mol. The van der Waals surface area contributed by atoms with Gasteiger partial charge in [0.2, 0.25) is 5.91 Å². The molecule has 1 fully saturated rings. The molecular weight excluding hydrogens is 446 g/mol. The van der Waals surface area contributed by atoms with Crippen LogP contribution < -0.4 is 4.90 Å². The van der Waals surface area contributed by atoms with E-state index in [9.17, 15) is 19.8 Å². The largest absolute Gasteiger partial charge is 0.477 e. The van der Waals surface area contributed by atoms with Crippen molar-refractivity contribution in [2.75, 3.05) is 11.4 Å². The molecule has 1 saturated carbocycles. The zero-order chi connectivity index (χ0) is 24.2. The van der Waals surface area contributed by atoms with Crippen LogP contribution in [0.1, 0.15) is 84.8 Å². The molecule has 2 aliphatic rings. The van der Waals surface area contributed by atoms with Gasteiger partial charge in [-0.05, 0) is 80.9 Å². The number of nitrogens with zero attached hydrogens (tertiary/aromatic N) is 1. The van der Waals surface area contributed by atoms with E-state index in [2.05, 4.69) is 37.3 Å². The zero-order valence-corrected chi connectivity index (χ0v) is 20.9. The third-order valence-electron chi connectivity index (χ3n) is 7.19. The van der Waals surface area contributed by atoms with Crippen molar-refractivity contribution < 1.29 is 19.8 Å². The lowest BCUT2D eigenvalue weighted by Crippen LogP contribution is -2.42. The standard InChI is InChI=1S/C28H35NO4S/c1-18-15-23(16-18)27(31)29(14-6-7-19(2)30)24-17-25(34-26(24)28(32)33)22-12-10-21(11-13-22)20-8-4-3-5-9-20/h3-5,8-9,12,17-19,21,23,30H,6-7,10-11,13-16H2,1-2H3,(H,32,33). The van der Waals surface area contributed by atoms with Crippen LogP contribution in [0.2, 0.25) is 0 Å². The minimum Gasteiger partial charge on any atom is -0.477 e. The number of aromatic carboxylic acids is 1. The number of hydrogen-bond donors (Lipinski definition) is 2. The van der Waals surface area contributed by atoms with Crippen molar-refractivity contribution in [3.63, 3.8) is 0 Å². The van der Waals surface area contributed by atoms with Crippen molar-refractivity contribution >= 4 is 34.5 Å². The summed E-state index contributed by atoms with van der Waals surface area (Å²) >= 11 is 1.28. The normalized spacial score (nSPS) is 23.0. The average Bonchev–Trinajstić information content (AvgIpc) is 3.25. The van der Waals surface area contributed by atoms with E-state index >= 15 is 0 Å². The lowest BCUT2D eigenvalue weighted by Gasteiger charge is -2.36. The SMILES string of the molecule is CC(O)CCCN(C(=O)C1CC(C)C1)c1cc(C2=CCC(c3ccccc3)CC2)sc1C(=O)O. The van der Waals surface area contributed by atoms with Crippen LogP contribution in [0.4, 0.5) is 5.69 Å². The Kier molecular flexibility index (Phi) is 7.89. The number of carbonyl (C=O) groups excluding carboxylic acids is 1. The third-order valence-corrected chi connectivity index (χ3v) is 8.38. The Bertz CT molecular complexity index is 1040. The number of benzene rings is 1. The van der Waals surface area contributed by atoms with Gasteiger partial charge in [-0.25, -0.2) is 4.79 Å². The fraction of sp³-hybridized carbons (Fsp3) is 0.500. The number of amides is 1. The first-order chi connectivity index (χ1) is 16.3. The second-order valence-corrected chi connectivity index (χ2v) is 11.0. The molecule has 1 aromatic heterocycles. The highest BCUT2D eigenvalue weighted by molar-refractivity contribution is 7.15. The Labute approximate surface area is 206 Å². The fourth-order valence-electron chi connectivity index (χ4n) is 5.20. The van der Waals surface area contributed by atoms with E-state index < -0.39 is 12.1 Å². The maximum Gasteiger partial charge on any atom is 0.348 e. The predicted octanol–water partition coefficient (Wildman–Crippen LogP) is 6.34. The van der Waals surface area contributed by atoms with Gasteiger partial charge in [-0.3, -0.25) is 4.79 Å². The molecule has 2 aliphatic carbocycles. The Hall–Kier alpha value is -2.44. The number of hydrogen-bond acceptors (Lipinski definition) is 4. The molecule has 182 valence electrons. The topological polar surface area (TPSA) is 77.8 Å². The Morgan fingerprint density at radius 1 is 1.21 bits per heavy atom. The average molecular weight is 482 g/mol. The van der Waals surface area contributed by atoms with Gasteiger partial charge in [0.25, 0.3) is 0 Å². The van der Waals surface area contributed by atoms with Gasteiger partial charge in [0, 0.05) is 17.3 Å². The predicted molar refractivity (Wildman–Crippen MR) is 137 cm³/mol. The summed E-state index contributed by atoms with van der Waals surface area (Å²) in [4.78, 5) is 28.4. The number of allylic oxidation sites excluding steroid dienone is 2. The van der Waals surface area contributed by atoms with Gasteiger partial charge < -0.3 is 15.1 Å². The molecule has 5 nitrogen and oxygen atoms in total. The number of carboxylic acids is 1. The Morgan fingerprint density at radius 3 is 2.53 bits per heavy atom. The first-order valence-electron chi connectivity index (χ1n) is 12.4. The molecule has 0 radical (unpaired) electrons. The van der Waals surface area contributed by atoms with E-state index in [-0.39, 0.29) is 16.7 Å². The summed E-state index contributed by atoms with van der Waals surface area (Å²) in [5.74, 6) is 0.0298. The molecule has 0 spiro atoms. The Balaban J connectivity index is 1.58. The van der Waals surface area contributed by atoms with E-state index in [1.54, 1.807) is 11.8 Å². The van der Waals surface area contributed by atoms with Crippen LogP contribution in [0, 0.1) is 11.8 Å². The molecule has 2 unspecified atom stereocenters. The maximum atomic E-state index is 13.4. The number of aliphatic hydroxyl groups excluding tert-OH is 1. The molecule has 34 heavy (non-hydrogen) atoms. The summed E-state index contributed by atoms with van der Waals surface area (Å²) in [5, 5.41) is 19.7. The molecule has 4 rings (SSSR count). The molecule has 2 aromatic rings. The van der Waals surface area contributed by atoms with Crippen molar-refractivity contribution in [3.05, 3.63) is 57.8 Å². The summed E-state index contributed by atoms with van der Waals surface area (Å²) in [7, 11) is 0. The van der Waals surface area contributed by atoms with E-state index in [4.69, 9.17) is 0 Å². The zero-order valence-electron chi connectivity index (χ0n) is 20.1. The van der Waals surface area contributed by atoms with Gasteiger partial charge in [-0.15, -0.1) is 11.3 Å². The highest BCUT2D eigenvalue weighted by Crippen LogP contribution is 2.43. The molecule has 2 atom stereocenters. The van der Waals surface area contributed by atoms with Crippen LogP contribution in [0.5, 0.6) is 0 Å². The maximum absolute atomic E-state index is 13.4. The minimum atomic E-state index is -0.986. The summed E-state index contributed by atoms with van der Waals surface area (Å²) in [6, 6.07) is 12.5. The molecule has 1 amide bonds. The van der Waals surface area contributed by atoms with Gasteiger partial charge >= 0.3 is 5.97 Å². The highest BCUT2D eigenvalue weighted by Gasteiger charge is 2.36. The molecule has 0 saturated heterocycles. The van der Waals surface area contributed by atoms with Crippen LogP contribution >= 0.6 is 11.3 Å². The number of anilines is 1. The van der Waals surface area contributed by atoms with Crippen LogP contribution in [-0.2, 0) is 4.79 Å². The molecule has 2 N–H and O–H groups in total. The van der Waals surface area contributed by atoms with Gasteiger partial charge in [0.05, 0.1) is 11.8 Å². The lowest BCUT2D eigenvalue weighted by molar-refractivity contribution is -0.126. The fourth-order valence-corrected chi connectivity index (χ4v) is 6.27. The minimum absolute atomic E-state index is 0.0253. The highest BCUT2D eigenvalue weighted by atomic mass is 32.1. The van der Waals surface area contributed by atoms with Gasteiger partial charge in [0.1, 0.15) is 4.88 Å². The summed E-state index contributed by atoms with van der Waals surface area (Å²) in [6.45, 7) is 4.31. The smallest absolute Gasteiger partial charge is 0.348 e. The van der Waals surface area contributed by atoms with Crippen LogP contribution in [0.15, 0.2) is 42.5 Å². The lowest BCUT2D eigenvalue weighted by atomic mass is 9.75. The quantitative estimate of drug-likeness (QED) is 0.438. The van der Waals surface area contributed by atoms with E-state index in [1.807, 2.05) is 12.1 Å². The number of rotatable bonds is 9. The first kappa shape index (κ1) is 24.7. The number of carbonyl (C=O) groups is 2. The second kappa shape index (κ2) is 10.9. The van der Waals surface area contributed by atoms with Crippen molar-refractivity contribution in [1.82, 2.24) is 0 Å². The molecule has 1 heterocycles. The molecule has 0 bridgehead atoms. The van der Waals surface area contributed by atoms with Gasteiger partial charge in [-0.2, -0.15) is 0 Å². The molecular formula is C28H35NO4S.